The number of hydrogen-bond donors (Lipinski definition) is 4. The minimum Gasteiger partial charge on any atom is -0.494 e. The molecule has 4 rings (SSSR count). The van der Waals surface area contributed by atoms with Crippen molar-refractivity contribution in [1.29, 1.82) is 0 Å². The summed E-state index contributed by atoms with van der Waals surface area (Å²) in [6.07, 6.45) is 8.73. The van der Waals surface area contributed by atoms with Gasteiger partial charge < -0.3 is 36.3 Å². The van der Waals surface area contributed by atoms with Gasteiger partial charge >= 0.3 is 0 Å². The van der Waals surface area contributed by atoms with Crippen LogP contribution in [0.2, 0.25) is 0 Å². The number of amides is 1. The van der Waals surface area contributed by atoms with Crippen molar-refractivity contribution in [3.63, 3.8) is 0 Å². The molecule has 1 aliphatic heterocycles. The molecule has 6 N–H and O–H groups in total. The van der Waals surface area contributed by atoms with E-state index in [9.17, 15) is 4.79 Å². The van der Waals surface area contributed by atoms with E-state index >= 15 is 0 Å². The Bertz CT molecular complexity index is 1060. The molecule has 1 aromatic carbocycles. The van der Waals surface area contributed by atoms with Gasteiger partial charge in [-0.2, -0.15) is 5.10 Å². The van der Waals surface area contributed by atoms with Gasteiger partial charge in [-0.1, -0.05) is 12.1 Å². The predicted molar refractivity (Wildman–Crippen MR) is 124 cm³/mol. The van der Waals surface area contributed by atoms with E-state index in [0.717, 1.165) is 30.4 Å². The fraction of sp³-hybridized carbons (Fsp3) is 0.391. The lowest BCUT2D eigenvalue weighted by molar-refractivity contribution is -0.177. The summed E-state index contributed by atoms with van der Waals surface area (Å²) in [7, 11) is 1.61. The van der Waals surface area contributed by atoms with Gasteiger partial charge in [0, 0.05) is 35.5 Å². The van der Waals surface area contributed by atoms with Gasteiger partial charge in [-0.3, -0.25) is 9.48 Å². The van der Waals surface area contributed by atoms with Crippen LogP contribution >= 0.6 is 0 Å². The average Bonchev–Trinajstić information content (AvgIpc) is 3.55. The third-order valence-corrected chi connectivity index (χ3v) is 5.96. The van der Waals surface area contributed by atoms with Crippen LogP contribution in [-0.2, 0) is 14.3 Å². The van der Waals surface area contributed by atoms with Gasteiger partial charge in [-0.05, 0) is 25.8 Å². The Kier molecular flexibility index (Phi) is 6.57. The lowest BCUT2D eigenvalue weighted by Crippen LogP contribution is -2.36. The monoisotopic (exact) mass is 454 g/mol. The van der Waals surface area contributed by atoms with Gasteiger partial charge in [0.2, 0.25) is 6.41 Å². The Morgan fingerprint density at radius 2 is 2.12 bits per heavy atom. The van der Waals surface area contributed by atoms with Gasteiger partial charge in [0.1, 0.15) is 17.6 Å². The van der Waals surface area contributed by atoms with Gasteiger partial charge in [-0.15, -0.1) is 0 Å². The second kappa shape index (κ2) is 9.55. The number of carbonyl (C=O) groups is 1. The standard InChI is InChI=1S/C23H30N6O4/c1-15(24)19(11-21(25)26-14-30)28-18-6-3-5-17(22(18)31-2)16-12-27-29(13-16)20-7-4-8-23(20)32-9-10-33-23/h3,5-6,11-14,20,28H,4,7-10,24-25H2,1-2H3,(H,26,30)/b19-15+,21-11+. The number of ether oxygens (including phenoxy) is 3. The summed E-state index contributed by atoms with van der Waals surface area (Å²) >= 11 is 0. The molecule has 2 aliphatic rings. The summed E-state index contributed by atoms with van der Waals surface area (Å²) in [6.45, 7) is 2.96. The van der Waals surface area contributed by atoms with Crippen molar-refractivity contribution in [3.05, 3.63) is 53.9 Å². The fourth-order valence-electron chi connectivity index (χ4n) is 4.46. The number of nitrogens with two attached hydrogens (primary N) is 2. The summed E-state index contributed by atoms with van der Waals surface area (Å²) in [6, 6.07) is 5.79. The van der Waals surface area contributed by atoms with E-state index in [1.54, 1.807) is 20.1 Å². The first kappa shape index (κ1) is 22.7. The van der Waals surface area contributed by atoms with Gasteiger partial charge in [0.05, 0.1) is 37.9 Å². The lowest BCUT2D eigenvalue weighted by atomic mass is 10.1. The molecule has 2 fully saturated rings. The lowest BCUT2D eigenvalue weighted by Gasteiger charge is -2.29. The van der Waals surface area contributed by atoms with Crippen LogP contribution in [0.4, 0.5) is 5.69 Å². The Hall–Kier alpha value is -3.50. The van der Waals surface area contributed by atoms with Gasteiger partial charge in [-0.25, -0.2) is 0 Å². The normalized spacial score (nSPS) is 20.5. The first-order valence-corrected chi connectivity index (χ1v) is 10.9. The largest absolute Gasteiger partial charge is 0.494 e. The van der Waals surface area contributed by atoms with E-state index < -0.39 is 5.79 Å². The molecule has 1 saturated carbocycles. The summed E-state index contributed by atoms with van der Waals surface area (Å²) in [5.74, 6) is 0.216. The molecule has 1 amide bonds. The number of carbonyl (C=O) groups excluding carboxylic acids is 1. The van der Waals surface area contributed by atoms with E-state index in [-0.39, 0.29) is 11.9 Å². The summed E-state index contributed by atoms with van der Waals surface area (Å²) < 4.78 is 19.7. The zero-order valence-electron chi connectivity index (χ0n) is 18.8. The second-order valence-corrected chi connectivity index (χ2v) is 8.10. The maximum atomic E-state index is 10.7. The molecule has 1 unspecified atom stereocenters. The first-order valence-electron chi connectivity index (χ1n) is 10.9. The van der Waals surface area contributed by atoms with E-state index in [1.165, 1.54) is 0 Å². The molecule has 176 valence electrons. The second-order valence-electron chi connectivity index (χ2n) is 8.10. The molecule has 1 spiro atoms. The molecular weight excluding hydrogens is 424 g/mol. The minimum absolute atomic E-state index is 0.0360. The fourth-order valence-corrected chi connectivity index (χ4v) is 4.46. The number of aromatic nitrogens is 2. The van der Waals surface area contributed by atoms with Gasteiger partial charge in [0.25, 0.3) is 0 Å². The number of nitrogens with one attached hydrogen (secondary N) is 2. The molecule has 2 heterocycles. The number of allylic oxidation sites excluding steroid dienone is 2. The Morgan fingerprint density at radius 3 is 2.82 bits per heavy atom. The Balaban J connectivity index is 1.64. The SMILES string of the molecule is COc1c(NC(/C=C(\N)NC=O)=C(\C)N)cccc1-c1cnn(C2CCCC23OCCO3)c1. The summed E-state index contributed by atoms with van der Waals surface area (Å²) in [4.78, 5) is 10.7. The van der Waals surface area contributed by atoms with Crippen molar-refractivity contribution in [1.82, 2.24) is 15.1 Å². The van der Waals surface area contributed by atoms with Gasteiger partial charge in [0.15, 0.2) is 5.79 Å². The number of para-hydroxylation sites is 1. The number of nitrogens with zero attached hydrogens (tertiary/aromatic N) is 2. The third-order valence-electron chi connectivity index (χ3n) is 5.96. The number of hydrogen-bond acceptors (Lipinski definition) is 8. The molecule has 33 heavy (non-hydrogen) atoms. The van der Waals surface area contributed by atoms with Crippen LogP contribution in [0, 0.1) is 0 Å². The molecular formula is C23H30N6O4. The van der Waals surface area contributed by atoms with Crippen molar-refractivity contribution < 1.29 is 19.0 Å². The van der Waals surface area contributed by atoms with Crippen LogP contribution in [-0.4, -0.2) is 42.3 Å². The third kappa shape index (κ3) is 4.53. The molecule has 0 bridgehead atoms. The highest BCUT2D eigenvalue weighted by molar-refractivity contribution is 5.78. The van der Waals surface area contributed by atoms with Crippen LogP contribution in [0.3, 0.4) is 0 Å². The minimum atomic E-state index is -0.572. The van der Waals surface area contributed by atoms with E-state index in [0.29, 0.717) is 42.5 Å². The zero-order chi connectivity index (χ0) is 23.4. The average molecular weight is 455 g/mol. The first-order chi connectivity index (χ1) is 16.0. The Morgan fingerprint density at radius 1 is 1.33 bits per heavy atom. The topological polar surface area (TPSA) is 139 Å². The van der Waals surface area contributed by atoms with Crippen molar-refractivity contribution in [2.75, 3.05) is 25.6 Å². The molecule has 1 aliphatic carbocycles. The van der Waals surface area contributed by atoms with Crippen molar-refractivity contribution >= 4 is 12.1 Å². The van der Waals surface area contributed by atoms with Crippen molar-refractivity contribution in [2.24, 2.45) is 11.5 Å². The molecule has 1 aromatic heterocycles. The molecule has 10 heteroatoms. The van der Waals surface area contributed by atoms with Crippen LogP contribution in [0.1, 0.15) is 32.2 Å². The highest BCUT2D eigenvalue weighted by atomic mass is 16.7. The number of methoxy groups -OCH3 is 1. The van der Waals surface area contributed by atoms with Crippen LogP contribution in [0.5, 0.6) is 5.75 Å². The molecule has 2 aromatic rings. The highest BCUT2D eigenvalue weighted by Gasteiger charge is 2.49. The van der Waals surface area contributed by atoms with Crippen LogP contribution in [0.15, 0.2) is 53.9 Å². The van der Waals surface area contributed by atoms with Crippen LogP contribution in [0.25, 0.3) is 11.1 Å². The molecule has 0 radical (unpaired) electrons. The van der Waals surface area contributed by atoms with Crippen molar-refractivity contribution in [3.8, 4) is 16.9 Å². The molecule has 1 saturated heterocycles. The van der Waals surface area contributed by atoms with E-state index in [1.807, 2.05) is 35.3 Å². The number of benzene rings is 1. The number of rotatable bonds is 8. The maximum absolute atomic E-state index is 10.7. The number of anilines is 1. The summed E-state index contributed by atoms with van der Waals surface area (Å²) in [5.41, 5.74) is 15.3. The molecule has 10 nitrogen and oxygen atoms in total. The van der Waals surface area contributed by atoms with Crippen molar-refractivity contribution in [2.45, 2.75) is 38.0 Å². The quantitative estimate of drug-likeness (QED) is 0.352. The molecule has 1 atom stereocenters. The summed E-state index contributed by atoms with van der Waals surface area (Å²) in [5, 5.41) is 10.3. The van der Waals surface area contributed by atoms with E-state index in [4.69, 9.17) is 25.7 Å². The zero-order valence-corrected chi connectivity index (χ0v) is 18.8. The van der Waals surface area contributed by atoms with Crippen LogP contribution < -0.4 is 26.8 Å². The smallest absolute Gasteiger partial charge is 0.212 e. The highest BCUT2D eigenvalue weighted by Crippen LogP contribution is 2.46. The predicted octanol–water partition coefficient (Wildman–Crippen LogP) is 2.17. The maximum Gasteiger partial charge on any atom is 0.212 e. The van der Waals surface area contributed by atoms with E-state index in [2.05, 4.69) is 15.7 Å². The Labute approximate surface area is 192 Å².